The van der Waals surface area contributed by atoms with Crippen LogP contribution in [0.15, 0.2) is 23.4 Å². The molecule has 3 rings (SSSR count). The molecule has 2 bridgehead atoms. The summed E-state index contributed by atoms with van der Waals surface area (Å²) >= 11 is 0. The number of hydrogen-bond acceptors (Lipinski definition) is 4. The Morgan fingerprint density at radius 2 is 2.05 bits per heavy atom. The largest absolute Gasteiger partial charge is 0.409 e. The average Bonchev–Trinajstić information content (AvgIpc) is 2.71. The van der Waals surface area contributed by atoms with Crippen LogP contribution in [0.1, 0.15) is 30.4 Å². The van der Waals surface area contributed by atoms with Crippen molar-refractivity contribution in [2.24, 2.45) is 10.9 Å². The normalized spacial score (nSPS) is 27.0. The Morgan fingerprint density at radius 3 is 2.81 bits per heavy atom. The van der Waals surface area contributed by atoms with E-state index in [1.165, 1.54) is 24.8 Å². The van der Waals surface area contributed by atoms with Crippen LogP contribution in [0.25, 0.3) is 0 Å². The zero-order valence-corrected chi connectivity index (χ0v) is 12.8. The Labute approximate surface area is 126 Å². The zero-order chi connectivity index (χ0) is 15.0. The summed E-state index contributed by atoms with van der Waals surface area (Å²) < 4.78 is 0. The van der Waals surface area contributed by atoms with E-state index in [4.69, 9.17) is 10.9 Å². The fourth-order valence-corrected chi connectivity index (χ4v) is 3.70. The molecular weight excluding hydrogens is 264 g/mol. The number of aryl methyl sites for hydroxylation is 1. The van der Waals surface area contributed by atoms with Crippen molar-refractivity contribution in [3.8, 4) is 0 Å². The molecule has 114 valence electrons. The Bertz CT molecular complexity index is 557. The third-order valence-electron chi connectivity index (χ3n) is 5.03. The summed E-state index contributed by atoms with van der Waals surface area (Å²) in [5.41, 5.74) is 8.97. The maximum atomic E-state index is 9.02. The van der Waals surface area contributed by atoms with Gasteiger partial charge in [0.2, 0.25) is 0 Å². The van der Waals surface area contributed by atoms with Crippen molar-refractivity contribution in [3.63, 3.8) is 0 Å². The highest BCUT2D eigenvalue weighted by Crippen LogP contribution is 2.32. The molecule has 2 unspecified atom stereocenters. The number of rotatable bonds is 2. The van der Waals surface area contributed by atoms with E-state index in [9.17, 15) is 0 Å². The van der Waals surface area contributed by atoms with E-state index in [1.54, 1.807) is 0 Å². The number of nitrogens with two attached hydrogens (primary N) is 1. The molecule has 0 saturated carbocycles. The molecule has 5 heteroatoms. The van der Waals surface area contributed by atoms with Crippen LogP contribution in [0.4, 0.5) is 5.69 Å². The minimum atomic E-state index is 0.188. The lowest BCUT2D eigenvalue weighted by Crippen LogP contribution is -2.37. The number of anilines is 1. The number of nitrogens with zero attached hydrogens (tertiary/aromatic N) is 3. The topological polar surface area (TPSA) is 65.1 Å². The molecule has 0 amide bonds. The number of amidine groups is 1. The summed E-state index contributed by atoms with van der Waals surface area (Å²) in [7, 11) is 2.24. The van der Waals surface area contributed by atoms with Gasteiger partial charge in [0.25, 0.3) is 0 Å². The summed E-state index contributed by atoms with van der Waals surface area (Å²) in [6.07, 6.45) is 3.76. The second kappa shape index (κ2) is 5.56. The molecule has 2 aliphatic heterocycles. The molecule has 21 heavy (non-hydrogen) atoms. The molecular formula is C16H24N4O. The van der Waals surface area contributed by atoms with Crippen molar-refractivity contribution in [3.05, 3.63) is 29.3 Å². The SMILES string of the molecule is Cc1ccc(C(N)=NO)c(N2CCC3CCC(C2)N3C)c1. The number of hydrogen-bond donors (Lipinski definition) is 2. The Balaban J connectivity index is 1.94. The lowest BCUT2D eigenvalue weighted by atomic mass is 10.0. The van der Waals surface area contributed by atoms with Gasteiger partial charge < -0.3 is 15.8 Å². The summed E-state index contributed by atoms with van der Waals surface area (Å²) in [6.45, 7) is 4.12. The Kier molecular flexibility index (Phi) is 3.76. The zero-order valence-electron chi connectivity index (χ0n) is 12.8. The van der Waals surface area contributed by atoms with Gasteiger partial charge >= 0.3 is 0 Å². The molecule has 0 aromatic heterocycles. The van der Waals surface area contributed by atoms with Gasteiger partial charge in [-0.1, -0.05) is 11.2 Å². The number of fused-ring (bicyclic) bond motifs is 2. The van der Waals surface area contributed by atoms with Gasteiger partial charge in [-0.3, -0.25) is 4.90 Å². The quantitative estimate of drug-likeness (QED) is 0.377. The van der Waals surface area contributed by atoms with Gasteiger partial charge in [0.05, 0.1) is 0 Å². The summed E-state index contributed by atoms with van der Waals surface area (Å²) in [4.78, 5) is 4.93. The fraction of sp³-hybridized carbons (Fsp3) is 0.562. The van der Waals surface area contributed by atoms with E-state index in [0.29, 0.717) is 12.1 Å². The summed E-state index contributed by atoms with van der Waals surface area (Å²) in [6, 6.07) is 7.42. The lowest BCUT2D eigenvalue weighted by Gasteiger charge is -2.29. The van der Waals surface area contributed by atoms with Crippen molar-refractivity contribution in [1.29, 1.82) is 0 Å². The maximum absolute atomic E-state index is 9.02. The number of benzene rings is 1. The number of likely N-dealkylation sites (N-methyl/N-ethyl adjacent to an activating group) is 1. The molecule has 0 radical (unpaired) electrons. The highest BCUT2D eigenvalue weighted by Gasteiger charge is 2.35. The first-order chi connectivity index (χ1) is 10.1. The molecule has 2 aliphatic rings. The van der Waals surface area contributed by atoms with E-state index >= 15 is 0 Å². The van der Waals surface area contributed by atoms with E-state index in [1.807, 2.05) is 12.1 Å². The van der Waals surface area contributed by atoms with Crippen LogP contribution in [0.5, 0.6) is 0 Å². The average molecular weight is 288 g/mol. The van der Waals surface area contributed by atoms with Crippen molar-refractivity contribution in [2.75, 3.05) is 25.0 Å². The first-order valence-electron chi connectivity index (χ1n) is 7.65. The fourth-order valence-electron chi connectivity index (χ4n) is 3.70. The highest BCUT2D eigenvalue weighted by molar-refractivity contribution is 6.02. The van der Waals surface area contributed by atoms with Gasteiger partial charge in [-0.15, -0.1) is 0 Å². The van der Waals surface area contributed by atoms with Crippen LogP contribution in [0.3, 0.4) is 0 Å². The van der Waals surface area contributed by atoms with Crippen LogP contribution in [0.2, 0.25) is 0 Å². The van der Waals surface area contributed by atoms with Crippen molar-refractivity contribution < 1.29 is 5.21 Å². The molecule has 2 fully saturated rings. The van der Waals surface area contributed by atoms with Gasteiger partial charge in [-0.05, 0) is 50.9 Å². The van der Waals surface area contributed by atoms with Gasteiger partial charge in [0.15, 0.2) is 5.84 Å². The minimum Gasteiger partial charge on any atom is -0.409 e. The minimum absolute atomic E-state index is 0.188. The first kappa shape index (κ1) is 14.2. The highest BCUT2D eigenvalue weighted by atomic mass is 16.4. The predicted octanol–water partition coefficient (Wildman–Crippen LogP) is 1.76. The molecule has 3 N–H and O–H groups in total. The molecule has 1 aromatic carbocycles. The number of oxime groups is 1. The predicted molar refractivity (Wildman–Crippen MR) is 85.1 cm³/mol. The maximum Gasteiger partial charge on any atom is 0.172 e. The smallest absolute Gasteiger partial charge is 0.172 e. The van der Waals surface area contributed by atoms with Gasteiger partial charge in [-0.25, -0.2) is 0 Å². The Hall–Kier alpha value is -1.75. The molecule has 5 nitrogen and oxygen atoms in total. The van der Waals surface area contributed by atoms with E-state index < -0.39 is 0 Å². The van der Waals surface area contributed by atoms with Gasteiger partial charge in [0.1, 0.15) is 0 Å². The van der Waals surface area contributed by atoms with Crippen LogP contribution in [-0.4, -0.2) is 48.2 Å². The van der Waals surface area contributed by atoms with Crippen LogP contribution in [-0.2, 0) is 0 Å². The van der Waals surface area contributed by atoms with Crippen molar-refractivity contribution in [2.45, 2.75) is 38.3 Å². The summed E-state index contributed by atoms with van der Waals surface area (Å²) in [5.74, 6) is 0.188. The van der Waals surface area contributed by atoms with Gasteiger partial charge in [-0.2, -0.15) is 0 Å². The monoisotopic (exact) mass is 288 g/mol. The molecule has 2 saturated heterocycles. The standard InChI is InChI=1S/C16H24N4O/c1-11-3-6-14(16(17)18-21)15(9-11)20-8-7-12-4-5-13(10-20)19(12)2/h3,6,9,12-13,21H,4-5,7-8,10H2,1-2H3,(H2,17,18). The van der Waals surface area contributed by atoms with Crippen LogP contribution in [0, 0.1) is 6.92 Å². The Morgan fingerprint density at radius 1 is 1.29 bits per heavy atom. The molecule has 2 heterocycles. The van der Waals surface area contributed by atoms with E-state index in [0.717, 1.165) is 24.3 Å². The third kappa shape index (κ3) is 2.58. The first-order valence-corrected chi connectivity index (χ1v) is 7.65. The second-order valence-corrected chi connectivity index (χ2v) is 6.29. The summed E-state index contributed by atoms with van der Waals surface area (Å²) in [5, 5.41) is 12.2. The van der Waals surface area contributed by atoms with E-state index in [2.05, 4.69) is 35.0 Å². The van der Waals surface area contributed by atoms with Crippen LogP contribution < -0.4 is 10.6 Å². The van der Waals surface area contributed by atoms with Crippen LogP contribution >= 0.6 is 0 Å². The third-order valence-corrected chi connectivity index (χ3v) is 5.03. The molecule has 2 atom stereocenters. The van der Waals surface area contributed by atoms with E-state index in [-0.39, 0.29) is 5.84 Å². The molecule has 1 aromatic rings. The molecule has 0 aliphatic carbocycles. The van der Waals surface area contributed by atoms with Gasteiger partial charge in [0, 0.05) is 36.4 Å². The second-order valence-electron chi connectivity index (χ2n) is 6.29. The van der Waals surface area contributed by atoms with Crippen molar-refractivity contribution in [1.82, 2.24) is 4.90 Å². The lowest BCUT2D eigenvalue weighted by molar-refractivity contribution is 0.254. The molecule has 0 spiro atoms. The van der Waals surface area contributed by atoms with Crippen molar-refractivity contribution >= 4 is 11.5 Å².